The molecule has 2 aromatic rings. The van der Waals surface area contributed by atoms with Gasteiger partial charge in [-0.15, -0.1) is 13.2 Å². The Morgan fingerprint density at radius 1 is 1.16 bits per heavy atom. The summed E-state index contributed by atoms with van der Waals surface area (Å²) >= 11 is 0. The topological polar surface area (TPSA) is 125 Å². The lowest BCUT2D eigenvalue weighted by molar-refractivity contribution is -0.147. The zero-order valence-electron chi connectivity index (χ0n) is 29.7. The molecule has 2 aromatic carbocycles. The van der Waals surface area contributed by atoms with E-state index in [9.17, 15) is 19.5 Å². The molecule has 2 N–H and O–H groups in total. The third-order valence-corrected chi connectivity index (χ3v) is 10.8. The van der Waals surface area contributed by atoms with Gasteiger partial charge in [-0.25, -0.2) is 0 Å². The number of allylic oxidation sites excluding steroid dienone is 1. The predicted octanol–water partition coefficient (Wildman–Crippen LogP) is 4.97. The van der Waals surface area contributed by atoms with E-state index in [1.165, 1.54) is 0 Å². The number of aryl methyl sites for hydroxylation is 2. The van der Waals surface area contributed by atoms with Gasteiger partial charge >= 0.3 is 5.97 Å². The van der Waals surface area contributed by atoms with Crippen molar-refractivity contribution in [2.75, 3.05) is 24.7 Å². The molecule has 2 bridgehead atoms. The van der Waals surface area contributed by atoms with Crippen LogP contribution in [0.4, 0.5) is 5.69 Å². The standard InChI is InChI=1S/C40H51N3O7/c1-7-10-16-33(45)49-24-29(28-14-12-11-13-15-28)41-37(46)34-32-19-20-40(50-32)35(34)38(47)43(31(23-44)26(5)9-3)36(40)39(48)42(21-8-2)30-22-25(4)17-18-27(30)6/h7-8,11-15,17-18,22,26,29,31-32,34-36,44H,1-2,9-10,16,19-21,23-24H2,3-6H3,(H,41,46)/t26-,29-,31-,32+,34-,35-,36+,40-/m0/s1. The van der Waals surface area contributed by atoms with Gasteiger partial charge in [-0.2, -0.15) is 0 Å². The van der Waals surface area contributed by atoms with Crippen LogP contribution in [-0.2, 0) is 28.7 Å². The highest BCUT2D eigenvalue weighted by molar-refractivity contribution is 6.05. The van der Waals surface area contributed by atoms with Gasteiger partial charge in [-0.05, 0) is 61.8 Å². The molecule has 5 rings (SSSR count). The molecule has 268 valence electrons. The number of amides is 3. The van der Waals surface area contributed by atoms with E-state index >= 15 is 4.79 Å². The molecular weight excluding hydrogens is 634 g/mol. The number of esters is 1. The van der Waals surface area contributed by atoms with Gasteiger partial charge in [0.15, 0.2) is 0 Å². The molecule has 3 saturated heterocycles. The van der Waals surface area contributed by atoms with Crippen molar-refractivity contribution in [2.24, 2.45) is 17.8 Å². The minimum atomic E-state index is -1.27. The van der Waals surface area contributed by atoms with Gasteiger partial charge in [0.2, 0.25) is 11.8 Å². The smallest absolute Gasteiger partial charge is 0.306 e. The van der Waals surface area contributed by atoms with Crippen LogP contribution in [0.1, 0.15) is 68.7 Å². The number of aliphatic hydroxyl groups excluding tert-OH is 1. The first-order valence-corrected chi connectivity index (χ1v) is 17.7. The van der Waals surface area contributed by atoms with E-state index in [0.29, 0.717) is 31.4 Å². The summed E-state index contributed by atoms with van der Waals surface area (Å²) in [6, 6.07) is 12.7. The van der Waals surface area contributed by atoms with Crippen LogP contribution in [0.25, 0.3) is 0 Å². The van der Waals surface area contributed by atoms with Gasteiger partial charge in [0.25, 0.3) is 5.91 Å². The SMILES string of the molecule is C=CCCC(=O)OC[C@H](NC(=O)[C@@H]1[C@H]2C(=O)N([C@@H](CO)[C@@H](C)CC)[C@H](C(=O)N(CC=C)c3cc(C)ccc3C)[C@]23CC[C@H]1O3)c1ccccc1. The highest BCUT2D eigenvalue weighted by Crippen LogP contribution is 2.59. The second-order valence-electron chi connectivity index (χ2n) is 13.9. The molecule has 10 heteroatoms. The summed E-state index contributed by atoms with van der Waals surface area (Å²) in [7, 11) is 0. The molecule has 0 aromatic heterocycles. The van der Waals surface area contributed by atoms with Crippen LogP contribution in [0, 0.1) is 31.6 Å². The highest BCUT2D eigenvalue weighted by atomic mass is 16.5. The first-order valence-electron chi connectivity index (χ1n) is 17.7. The van der Waals surface area contributed by atoms with Crippen LogP contribution in [0.2, 0.25) is 0 Å². The lowest BCUT2D eigenvalue weighted by atomic mass is 9.70. The Bertz CT molecular complexity index is 1590. The minimum absolute atomic E-state index is 0.0894. The second kappa shape index (κ2) is 15.7. The number of carbonyl (C=O) groups is 4. The number of carbonyl (C=O) groups excluding carboxylic acids is 4. The Hall–Kier alpha value is -4.28. The van der Waals surface area contributed by atoms with Gasteiger partial charge in [0.1, 0.15) is 18.2 Å². The fourth-order valence-corrected chi connectivity index (χ4v) is 8.08. The summed E-state index contributed by atoms with van der Waals surface area (Å²) < 4.78 is 12.3. The molecule has 3 heterocycles. The van der Waals surface area contributed by atoms with Crippen LogP contribution in [0.5, 0.6) is 0 Å². The lowest BCUT2D eigenvalue weighted by Crippen LogP contribution is -2.60. The maximum atomic E-state index is 15.0. The molecule has 3 fully saturated rings. The number of hydrogen-bond acceptors (Lipinski definition) is 7. The first-order chi connectivity index (χ1) is 24.0. The summed E-state index contributed by atoms with van der Waals surface area (Å²) in [6.45, 7) is 15.2. The zero-order chi connectivity index (χ0) is 36.2. The number of rotatable bonds is 16. The third kappa shape index (κ3) is 6.88. The van der Waals surface area contributed by atoms with Gasteiger partial charge in [-0.1, -0.05) is 74.9 Å². The molecule has 0 saturated carbocycles. The molecule has 3 aliphatic rings. The van der Waals surface area contributed by atoms with Crippen molar-refractivity contribution in [2.45, 2.75) is 89.6 Å². The molecular formula is C40H51N3O7. The lowest BCUT2D eigenvalue weighted by Gasteiger charge is -2.41. The molecule has 3 amide bonds. The fraction of sp³-hybridized carbons (Fsp3) is 0.500. The summed E-state index contributed by atoms with van der Waals surface area (Å²) in [4.78, 5) is 59.9. The second-order valence-corrected chi connectivity index (χ2v) is 13.9. The van der Waals surface area contributed by atoms with Crippen molar-refractivity contribution in [1.29, 1.82) is 0 Å². The molecule has 1 spiro atoms. The number of ether oxygens (including phenoxy) is 2. The number of anilines is 1. The molecule has 0 unspecified atom stereocenters. The van der Waals surface area contributed by atoms with Crippen LogP contribution in [0.3, 0.4) is 0 Å². The van der Waals surface area contributed by atoms with Crippen molar-refractivity contribution in [3.8, 4) is 0 Å². The average Bonchev–Trinajstić information content (AvgIpc) is 3.77. The Kier molecular flexibility index (Phi) is 11.6. The van der Waals surface area contributed by atoms with E-state index in [0.717, 1.165) is 16.7 Å². The number of nitrogens with zero attached hydrogens (tertiary/aromatic N) is 2. The predicted molar refractivity (Wildman–Crippen MR) is 191 cm³/mol. The Balaban J connectivity index is 1.53. The van der Waals surface area contributed by atoms with Crippen molar-refractivity contribution < 1.29 is 33.8 Å². The molecule has 10 nitrogen and oxygen atoms in total. The number of hydrogen-bond donors (Lipinski definition) is 2. The van der Waals surface area contributed by atoms with Crippen molar-refractivity contribution in [3.05, 3.63) is 90.5 Å². The van der Waals surface area contributed by atoms with Crippen LogP contribution in [-0.4, -0.2) is 77.2 Å². The Morgan fingerprint density at radius 2 is 1.90 bits per heavy atom. The molecule has 50 heavy (non-hydrogen) atoms. The van der Waals surface area contributed by atoms with Crippen LogP contribution >= 0.6 is 0 Å². The van der Waals surface area contributed by atoms with E-state index in [4.69, 9.17) is 9.47 Å². The van der Waals surface area contributed by atoms with Crippen LogP contribution < -0.4 is 10.2 Å². The molecule has 0 radical (unpaired) electrons. The van der Waals surface area contributed by atoms with Crippen molar-refractivity contribution in [1.82, 2.24) is 10.2 Å². The average molecular weight is 686 g/mol. The molecule has 0 aliphatic carbocycles. The minimum Gasteiger partial charge on any atom is -0.463 e. The maximum Gasteiger partial charge on any atom is 0.306 e. The van der Waals surface area contributed by atoms with E-state index in [1.54, 1.807) is 22.0 Å². The third-order valence-electron chi connectivity index (χ3n) is 10.8. The Labute approximate surface area is 295 Å². The zero-order valence-corrected chi connectivity index (χ0v) is 29.7. The number of aliphatic hydroxyl groups is 1. The number of benzene rings is 2. The first kappa shape index (κ1) is 37.0. The van der Waals surface area contributed by atoms with E-state index in [1.807, 2.05) is 76.2 Å². The number of likely N-dealkylation sites (tertiary alicyclic amines) is 1. The van der Waals surface area contributed by atoms with Gasteiger partial charge in [0.05, 0.1) is 36.6 Å². The van der Waals surface area contributed by atoms with Crippen LogP contribution in [0.15, 0.2) is 73.8 Å². The number of fused-ring (bicyclic) bond motifs is 1. The normalized spacial score (nSPS) is 25.4. The summed E-state index contributed by atoms with van der Waals surface area (Å²) in [5.74, 6) is -3.46. The van der Waals surface area contributed by atoms with E-state index in [2.05, 4.69) is 18.5 Å². The molecule has 8 atom stereocenters. The summed E-state index contributed by atoms with van der Waals surface area (Å²) in [5, 5.41) is 13.8. The van der Waals surface area contributed by atoms with Gasteiger partial charge < -0.3 is 29.7 Å². The van der Waals surface area contributed by atoms with E-state index in [-0.39, 0.29) is 43.9 Å². The van der Waals surface area contributed by atoms with Gasteiger partial charge in [-0.3, -0.25) is 19.2 Å². The largest absolute Gasteiger partial charge is 0.463 e. The fourth-order valence-electron chi connectivity index (χ4n) is 8.08. The number of nitrogens with one attached hydrogen (secondary N) is 1. The quantitative estimate of drug-likeness (QED) is 0.189. The maximum absolute atomic E-state index is 15.0. The van der Waals surface area contributed by atoms with E-state index < -0.39 is 53.5 Å². The Morgan fingerprint density at radius 3 is 2.56 bits per heavy atom. The summed E-state index contributed by atoms with van der Waals surface area (Å²) in [6.07, 6.45) is 4.94. The van der Waals surface area contributed by atoms with Crippen molar-refractivity contribution in [3.63, 3.8) is 0 Å². The van der Waals surface area contributed by atoms with Gasteiger partial charge in [0, 0.05) is 18.7 Å². The summed E-state index contributed by atoms with van der Waals surface area (Å²) in [5.41, 5.74) is 2.06. The molecule has 3 aliphatic heterocycles. The highest BCUT2D eigenvalue weighted by Gasteiger charge is 2.75. The monoisotopic (exact) mass is 685 g/mol. The van der Waals surface area contributed by atoms with Crippen molar-refractivity contribution >= 4 is 29.4 Å².